The summed E-state index contributed by atoms with van der Waals surface area (Å²) in [6, 6.07) is 10.1. The van der Waals surface area contributed by atoms with Crippen LogP contribution in [-0.4, -0.2) is 45.2 Å². The van der Waals surface area contributed by atoms with Crippen LogP contribution in [0.1, 0.15) is 29.1 Å². The average molecular weight is 410 g/mol. The Kier molecular flexibility index (Phi) is 6.36. The molecule has 1 amide bonds. The molecule has 0 saturated carbocycles. The molecule has 3 heterocycles. The van der Waals surface area contributed by atoms with Gasteiger partial charge in [0, 0.05) is 30.6 Å². The predicted octanol–water partition coefficient (Wildman–Crippen LogP) is 3.21. The lowest BCUT2D eigenvalue weighted by Crippen LogP contribution is -2.40. The molecule has 1 saturated heterocycles. The maximum Gasteiger partial charge on any atom is 0.223 e. The number of aryl methyl sites for hydroxylation is 1. The van der Waals surface area contributed by atoms with Crippen molar-refractivity contribution in [1.29, 1.82) is 0 Å². The standard InChI is InChI=1S/C22H27N5OS/c1-17-25-20(16-29-17)15-26-11-8-19(9-12-26)22(28)23-10-7-18-13-24-27(14-18)21-5-3-2-4-6-21/h2-6,13-14,16,19H,7-12,15H2,1H3,(H,23,28). The molecule has 0 aliphatic carbocycles. The van der Waals surface area contributed by atoms with E-state index in [9.17, 15) is 4.79 Å². The summed E-state index contributed by atoms with van der Waals surface area (Å²) in [5.74, 6) is 0.306. The number of benzene rings is 1. The lowest BCUT2D eigenvalue weighted by atomic mass is 9.96. The van der Waals surface area contributed by atoms with Gasteiger partial charge < -0.3 is 5.32 Å². The maximum atomic E-state index is 12.5. The van der Waals surface area contributed by atoms with Gasteiger partial charge in [-0.05, 0) is 57.0 Å². The number of piperidine rings is 1. The highest BCUT2D eigenvalue weighted by Crippen LogP contribution is 2.20. The third-order valence-corrected chi connectivity index (χ3v) is 6.20. The quantitative estimate of drug-likeness (QED) is 0.651. The first-order valence-electron chi connectivity index (χ1n) is 10.2. The molecule has 2 aromatic heterocycles. The number of nitrogens with one attached hydrogen (secondary N) is 1. The molecule has 0 bridgehead atoms. The van der Waals surface area contributed by atoms with Crippen LogP contribution in [0.25, 0.3) is 5.69 Å². The third kappa shape index (κ3) is 5.31. The predicted molar refractivity (Wildman–Crippen MR) is 115 cm³/mol. The van der Waals surface area contributed by atoms with Gasteiger partial charge >= 0.3 is 0 Å². The van der Waals surface area contributed by atoms with Gasteiger partial charge in [-0.3, -0.25) is 9.69 Å². The SMILES string of the molecule is Cc1nc(CN2CCC(C(=O)NCCc3cnn(-c4ccccc4)c3)CC2)cs1. The van der Waals surface area contributed by atoms with Gasteiger partial charge in [-0.25, -0.2) is 9.67 Å². The first-order valence-corrected chi connectivity index (χ1v) is 11.1. The van der Waals surface area contributed by atoms with E-state index >= 15 is 0 Å². The summed E-state index contributed by atoms with van der Waals surface area (Å²) in [7, 11) is 0. The Bertz CT molecular complexity index is 928. The number of carbonyl (C=O) groups excluding carboxylic acids is 1. The van der Waals surface area contributed by atoms with Gasteiger partial charge in [0.05, 0.1) is 22.6 Å². The summed E-state index contributed by atoms with van der Waals surface area (Å²) in [4.78, 5) is 19.5. The van der Waals surface area contributed by atoms with Gasteiger partial charge in [0.1, 0.15) is 0 Å². The minimum atomic E-state index is 0.121. The minimum absolute atomic E-state index is 0.121. The van der Waals surface area contributed by atoms with Crippen molar-refractivity contribution in [2.45, 2.75) is 32.7 Å². The Morgan fingerprint density at radius 3 is 2.76 bits per heavy atom. The molecular formula is C22H27N5OS. The van der Waals surface area contributed by atoms with E-state index in [0.717, 1.165) is 60.8 Å². The molecule has 0 radical (unpaired) electrons. The molecule has 1 N–H and O–H groups in total. The molecule has 1 aromatic carbocycles. The number of hydrogen-bond acceptors (Lipinski definition) is 5. The van der Waals surface area contributed by atoms with Gasteiger partial charge in [-0.15, -0.1) is 11.3 Å². The Morgan fingerprint density at radius 1 is 1.24 bits per heavy atom. The Morgan fingerprint density at radius 2 is 2.03 bits per heavy atom. The van der Waals surface area contributed by atoms with Crippen LogP contribution in [0.4, 0.5) is 0 Å². The zero-order valence-electron chi connectivity index (χ0n) is 16.8. The van der Waals surface area contributed by atoms with Gasteiger partial charge in [0.2, 0.25) is 5.91 Å². The van der Waals surface area contributed by atoms with Crippen LogP contribution in [0.2, 0.25) is 0 Å². The van der Waals surface area contributed by atoms with Crippen LogP contribution in [0.5, 0.6) is 0 Å². The fraction of sp³-hybridized carbons (Fsp3) is 0.409. The van der Waals surface area contributed by atoms with E-state index in [2.05, 4.69) is 25.7 Å². The molecule has 152 valence electrons. The highest BCUT2D eigenvalue weighted by molar-refractivity contribution is 7.09. The topological polar surface area (TPSA) is 63.1 Å². The first-order chi connectivity index (χ1) is 14.2. The second-order valence-electron chi connectivity index (χ2n) is 7.58. The molecule has 1 aliphatic heterocycles. The van der Waals surface area contributed by atoms with Gasteiger partial charge in [0.15, 0.2) is 0 Å². The number of amides is 1. The van der Waals surface area contributed by atoms with Crippen molar-refractivity contribution in [2.75, 3.05) is 19.6 Å². The van der Waals surface area contributed by atoms with E-state index in [4.69, 9.17) is 0 Å². The Balaban J connectivity index is 1.18. The largest absolute Gasteiger partial charge is 0.356 e. The molecule has 0 unspecified atom stereocenters. The van der Waals surface area contributed by atoms with E-state index in [1.807, 2.05) is 54.3 Å². The molecule has 4 rings (SSSR count). The van der Waals surface area contributed by atoms with E-state index in [0.29, 0.717) is 6.54 Å². The smallest absolute Gasteiger partial charge is 0.223 e. The minimum Gasteiger partial charge on any atom is -0.356 e. The van der Waals surface area contributed by atoms with Crippen molar-refractivity contribution in [3.63, 3.8) is 0 Å². The summed E-state index contributed by atoms with van der Waals surface area (Å²) in [6.07, 6.45) is 6.53. The molecule has 3 aromatic rings. The number of likely N-dealkylation sites (tertiary alicyclic amines) is 1. The second-order valence-corrected chi connectivity index (χ2v) is 8.64. The molecule has 0 atom stereocenters. The number of nitrogens with zero attached hydrogens (tertiary/aromatic N) is 4. The van der Waals surface area contributed by atoms with Gasteiger partial charge in [-0.1, -0.05) is 18.2 Å². The van der Waals surface area contributed by atoms with E-state index < -0.39 is 0 Å². The van der Waals surface area contributed by atoms with Crippen molar-refractivity contribution in [3.05, 3.63) is 64.4 Å². The number of carbonyl (C=O) groups is 1. The summed E-state index contributed by atoms with van der Waals surface area (Å²) >= 11 is 1.70. The lowest BCUT2D eigenvalue weighted by Gasteiger charge is -2.30. The van der Waals surface area contributed by atoms with E-state index in [1.54, 1.807) is 11.3 Å². The van der Waals surface area contributed by atoms with Crippen LogP contribution >= 0.6 is 11.3 Å². The maximum absolute atomic E-state index is 12.5. The van der Waals surface area contributed by atoms with Crippen LogP contribution in [-0.2, 0) is 17.8 Å². The van der Waals surface area contributed by atoms with Crippen LogP contribution in [0.3, 0.4) is 0 Å². The van der Waals surface area contributed by atoms with Crippen LogP contribution in [0.15, 0.2) is 48.1 Å². The Labute approximate surface area is 175 Å². The van der Waals surface area contributed by atoms with Crippen molar-refractivity contribution < 1.29 is 4.79 Å². The monoisotopic (exact) mass is 409 g/mol. The molecule has 0 spiro atoms. The normalized spacial score (nSPS) is 15.5. The van der Waals surface area contributed by atoms with E-state index in [-0.39, 0.29) is 11.8 Å². The molecular weight excluding hydrogens is 382 g/mol. The number of thiazole rings is 1. The number of para-hydroxylation sites is 1. The highest BCUT2D eigenvalue weighted by Gasteiger charge is 2.25. The van der Waals surface area contributed by atoms with Crippen molar-refractivity contribution in [1.82, 2.24) is 25.0 Å². The van der Waals surface area contributed by atoms with Gasteiger partial charge in [-0.2, -0.15) is 5.10 Å². The number of aromatic nitrogens is 3. The lowest BCUT2D eigenvalue weighted by molar-refractivity contribution is -0.126. The first kappa shape index (κ1) is 19.8. The summed E-state index contributed by atoms with van der Waals surface area (Å²) in [6.45, 7) is 5.50. The molecule has 1 aliphatic rings. The third-order valence-electron chi connectivity index (χ3n) is 5.38. The molecule has 29 heavy (non-hydrogen) atoms. The van der Waals surface area contributed by atoms with Gasteiger partial charge in [0.25, 0.3) is 0 Å². The van der Waals surface area contributed by atoms with Crippen molar-refractivity contribution >= 4 is 17.2 Å². The van der Waals surface area contributed by atoms with Crippen molar-refractivity contribution in [2.24, 2.45) is 5.92 Å². The summed E-state index contributed by atoms with van der Waals surface area (Å²) in [5.41, 5.74) is 3.32. The molecule has 7 heteroatoms. The summed E-state index contributed by atoms with van der Waals surface area (Å²) < 4.78 is 1.87. The fourth-order valence-electron chi connectivity index (χ4n) is 3.75. The van der Waals surface area contributed by atoms with Crippen LogP contribution < -0.4 is 5.32 Å². The molecule has 6 nitrogen and oxygen atoms in total. The fourth-order valence-corrected chi connectivity index (χ4v) is 4.35. The number of hydrogen-bond donors (Lipinski definition) is 1. The summed E-state index contributed by atoms with van der Waals surface area (Å²) in [5, 5.41) is 10.8. The molecule has 1 fully saturated rings. The van der Waals surface area contributed by atoms with Crippen LogP contribution in [0, 0.1) is 12.8 Å². The Hall–Kier alpha value is -2.51. The van der Waals surface area contributed by atoms with Crippen molar-refractivity contribution in [3.8, 4) is 5.69 Å². The number of rotatable bonds is 7. The zero-order chi connectivity index (χ0) is 20.1. The highest BCUT2D eigenvalue weighted by atomic mass is 32.1. The van der Waals surface area contributed by atoms with E-state index in [1.165, 1.54) is 0 Å². The second kappa shape index (κ2) is 9.33. The zero-order valence-corrected chi connectivity index (χ0v) is 17.6. The average Bonchev–Trinajstić information content (AvgIpc) is 3.38.